The van der Waals surface area contributed by atoms with Crippen molar-refractivity contribution in [1.82, 2.24) is 5.32 Å². The van der Waals surface area contributed by atoms with Crippen LogP contribution in [0.5, 0.6) is 11.5 Å². The molecule has 160 valence electrons. The fraction of sp³-hybridized carbons (Fsp3) is 0.0417. The minimum atomic E-state index is -0.848. The maximum atomic E-state index is 13.0. The highest BCUT2D eigenvalue weighted by Crippen LogP contribution is 2.27. The van der Waals surface area contributed by atoms with Gasteiger partial charge in [0.15, 0.2) is 0 Å². The van der Waals surface area contributed by atoms with Crippen molar-refractivity contribution in [2.24, 2.45) is 0 Å². The lowest BCUT2D eigenvalue weighted by Crippen LogP contribution is -2.54. The summed E-state index contributed by atoms with van der Waals surface area (Å²) < 4.78 is 5.72. The first-order valence-corrected chi connectivity index (χ1v) is 9.97. The molecule has 0 radical (unpaired) electrons. The molecule has 32 heavy (non-hydrogen) atoms. The molecular formula is C24H17ClN2O5. The standard InChI is InChI=1S/C24H17ClN2O5/c25-20-13-16(6-11-21(20)28)12-19-22(29)26-24(31)27(23(19)30)17-7-9-18(10-8-17)32-14-15-4-2-1-3-5-15/h1-13,28H,14H2,(H,26,29,31)/b19-12-. The molecular weight excluding hydrogens is 432 g/mol. The van der Waals surface area contributed by atoms with E-state index in [1.54, 1.807) is 24.3 Å². The number of hydrogen-bond donors (Lipinski definition) is 2. The SMILES string of the molecule is O=C1NC(=O)N(c2ccc(OCc3ccccc3)cc2)C(=O)/C1=C\c1ccc(O)c(Cl)c1. The first-order chi connectivity index (χ1) is 15.4. The molecule has 1 fully saturated rings. The number of amides is 4. The van der Waals surface area contributed by atoms with Crippen LogP contribution in [0.3, 0.4) is 0 Å². The number of urea groups is 1. The van der Waals surface area contributed by atoms with Gasteiger partial charge in [0.25, 0.3) is 11.8 Å². The lowest BCUT2D eigenvalue weighted by molar-refractivity contribution is -0.122. The normalized spacial score (nSPS) is 15.1. The van der Waals surface area contributed by atoms with Gasteiger partial charge in [0.05, 0.1) is 10.7 Å². The molecule has 3 aromatic rings. The highest BCUT2D eigenvalue weighted by Gasteiger charge is 2.36. The van der Waals surface area contributed by atoms with Gasteiger partial charge in [-0.1, -0.05) is 48.0 Å². The van der Waals surface area contributed by atoms with E-state index in [1.807, 2.05) is 30.3 Å². The number of aromatic hydroxyl groups is 1. The van der Waals surface area contributed by atoms with Crippen LogP contribution in [0.2, 0.25) is 5.02 Å². The summed E-state index contributed by atoms with van der Waals surface area (Å²) in [6, 6.07) is 19.4. The summed E-state index contributed by atoms with van der Waals surface area (Å²) in [5, 5.41) is 11.8. The molecule has 0 aliphatic carbocycles. The van der Waals surface area contributed by atoms with E-state index in [4.69, 9.17) is 16.3 Å². The molecule has 0 spiro atoms. The van der Waals surface area contributed by atoms with Crippen molar-refractivity contribution >= 4 is 41.2 Å². The molecule has 1 heterocycles. The van der Waals surface area contributed by atoms with Gasteiger partial charge in [0.2, 0.25) is 0 Å². The Morgan fingerprint density at radius 1 is 0.969 bits per heavy atom. The third kappa shape index (κ3) is 4.48. The van der Waals surface area contributed by atoms with E-state index in [0.29, 0.717) is 17.9 Å². The molecule has 7 nitrogen and oxygen atoms in total. The Balaban J connectivity index is 1.55. The van der Waals surface area contributed by atoms with Crippen molar-refractivity contribution in [2.75, 3.05) is 4.90 Å². The molecule has 1 saturated heterocycles. The quantitative estimate of drug-likeness (QED) is 0.448. The summed E-state index contributed by atoms with van der Waals surface area (Å²) in [6.07, 6.45) is 1.31. The molecule has 0 bridgehead atoms. The molecule has 2 N–H and O–H groups in total. The molecule has 1 aliphatic heterocycles. The summed E-state index contributed by atoms with van der Waals surface area (Å²) in [6.45, 7) is 0.375. The van der Waals surface area contributed by atoms with Gasteiger partial charge in [-0.05, 0) is 53.6 Å². The zero-order valence-corrected chi connectivity index (χ0v) is 17.4. The van der Waals surface area contributed by atoms with Gasteiger partial charge >= 0.3 is 6.03 Å². The zero-order chi connectivity index (χ0) is 22.7. The minimum absolute atomic E-state index is 0.0713. The number of anilines is 1. The Kier molecular flexibility index (Phi) is 5.91. The Hall–Kier alpha value is -4.10. The van der Waals surface area contributed by atoms with E-state index in [0.717, 1.165) is 10.5 Å². The van der Waals surface area contributed by atoms with Gasteiger partial charge in [-0.3, -0.25) is 14.9 Å². The lowest BCUT2D eigenvalue weighted by Gasteiger charge is -2.26. The molecule has 0 aromatic heterocycles. The van der Waals surface area contributed by atoms with E-state index in [9.17, 15) is 19.5 Å². The van der Waals surface area contributed by atoms with Crippen molar-refractivity contribution < 1.29 is 24.2 Å². The number of nitrogens with one attached hydrogen (secondary N) is 1. The fourth-order valence-electron chi connectivity index (χ4n) is 3.10. The number of ether oxygens (including phenoxy) is 1. The van der Waals surface area contributed by atoms with Gasteiger partial charge < -0.3 is 9.84 Å². The van der Waals surface area contributed by atoms with Crippen LogP contribution in [0.4, 0.5) is 10.5 Å². The number of phenolic OH excluding ortho intramolecular Hbond substituents is 1. The molecule has 4 amide bonds. The Bertz CT molecular complexity index is 1220. The maximum absolute atomic E-state index is 13.0. The number of imide groups is 2. The van der Waals surface area contributed by atoms with Crippen molar-refractivity contribution in [3.05, 3.63) is 94.5 Å². The molecule has 4 rings (SSSR count). The molecule has 0 unspecified atom stereocenters. The maximum Gasteiger partial charge on any atom is 0.335 e. The van der Waals surface area contributed by atoms with E-state index >= 15 is 0 Å². The average molecular weight is 449 g/mol. The van der Waals surface area contributed by atoms with Crippen LogP contribution in [0.25, 0.3) is 6.08 Å². The van der Waals surface area contributed by atoms with Crippen LogP contribution in [-0.2, 0) is 16.2 Å². The number of benzene rings is 3. The Morgan fingerprint density at radius 2 is 1.69 bits per heavy atom. The summed E-state index contributed by atoms with van der Waals surface area (Å²) in [5.74, 6) is -1.16. The molecule has 3 aromatic carbocycles. The summed E-state index contributed by atoms with van der Waals surface area (Å²) in [4.78, 5) is 38.5. The number of phenols is 1. The predicted octanol–water partition coefficient (Wildman–Crippen LogP) is 4.29. The van der Waals surface area contributed by atoms with Crippen LogP contribution in [0, 0.1) is 0 Å². The monoisotopic (exact) mass is 448 g/mol. The number of carbonyl (C=O) groups is 3. The third-order valence-electron chi connectivity index (χ3n) is 4.73. The second-order valence-electron chi connectivity index (χ2n) is 6.94. The van der Waals surface area contributed by atoms with Crippen molar-refractivity contribution in [1.29, 1.82) is 0 Å². The first kappa shape index (κ1) is 21.1. The van der Waals surface area contributed by atoms with Crippen molar-refractivity contribution in [3.8, 4) is 11.5 Å². The van der Waals surface area contributed by atoms with E-state index in [-0.39, 0.29) is 22.0 Å². The number of rotatable bonds is 5. The largest absolute Gasteiger partial charge is 0.506 e. The second kappa shape index (κ2) is 8.95. The smallest absolute Gasteiger partial charge is 0.335 e. The van der Waals surface area contributed by atoms with Gasteiger partial charge in [-0.15, -0.1) is 0 Å². The molecule has 8 heteroatoms. The van der Waals surface area contributed by atoms with Crippen LogP contribution in [0.15, 0.2) is 78.4 Å². The first-order valence-electron chi connectivity index (χ1n) is 9.59. The summed E-state index contributed by atoms with van der Waals surface area (Å²) >= 11 is 5.89. The second-order valence-corrected chi connectivity index (χ2v) is 7.34. The van der Waals surface area contributed by atoms with Crippen LogP contribution >= 0.6 is 11.6 Å². The van der Waals surface area contributed by atoms with E-state index in [1.165, 1.54) is 24.3 Å². The molecule has 0 saturated carbocycles. The minimum Gasteiger partial charge on any atom is -0.506 e. The van der Waals surface area contributed by atoms with Gasteiger partial charge in [0.1, 0.15) is 23.7 Å². The highest BCUT2D eigenvalue weighted by molar-refractivity contribution is 6.39. The number of carbonyl (C=O) groups excluding carboxylic acids is 3. The number of hydrogen-bond acceptors (Lipinski definition) is 5. The summed E-state index contributed by atoms with van der Waals surface area (Å²) in [7, 11) is 0. The average Bonchev–Trinajstić information content (AvgIpc) is 2.79. The topological polar surface area (TPSA) is 95.9 Å². The molecule has 1 aliphatic rings. The van der Waals surface area contributed by atoms with E-state index in [2.05, 4.69) is 5.32 Å². The van der Waals surface area contributed by atoms with Gasteiger partial charge in [-0.2, -0.15) is 0 Å². The number of barbiturate groups is 1. The molecule has 0 atom stereocenters. The van der Waals surface area contributed by atoms with Crippen molar-refractivity contribution in [2.45, 2.75) is 6.61 Å². The van der Waals surface area contributed by atoms with Crippen LogP contribution in [-0.4, -0.2) is 23.0 Å². The fourth-order valence-corrected chi connectivity index (χ4v) is 3.29. The van der Waals surface area contributed by atoms with Crippen molar-refractivity contribution in [3.63, 3.8) is 0 Å². The number of nitrogens with zero attached hydrogens (tertiary/aromatic N) is 1. The zero-order valence-electron chi connectivity index (χ0n) is 16.6. The lowest BCUT2D eigenvalue weighted by atomic mass is 10.1. The van der Waals surface area contributed by atoms with Gasteiger partial charge in [0, 0.05) is 0 Å². The highest BCUT2D eigenvalue weighted by atomic mass is 35.5. The predicted molar refractivity (Wildman–Crippen MR) is 119 cm³/mol. The third-order valence-corrected chi connectivity index (χ3v) is 5.03. The Morgan fingerprint density at radius 3 is 2.38 bits per heavy atom. The Labute approximate surface area is 188 Å². The van der Waals surface area contributed by atoms with Crippen LogP contribution in [0.1, 0.15) is 11.1 Å². The van der Waals surface area contributed by atoms with Crippen LogP contribution < -0.4 is 15.0 Å². The van der Waals surface area contributed by atoms with E-state index < -0.39 is 17.8 Å². The number of halogens is 1. The summed E-state index contributed by atoms with van der Waals surface area (Å²) in [5.41, 5.74) is 1.47. The van der Waals surface area contributed by atoms with Gasteiger partial charge in [-0.25, -0.2) is 9.69 Å².